The lowest BCUT2D eigenvalue weighted by Gasteiger charge is -2.46. The molecular formula is C22H29N3O4S2. The van der Waals surface area contributed by atoms with Crippen LogP contribution in [0.3, 0.4) is 0 Å². The number of sulfonamides is 2. The van der Waals surface area contributed by atoms with Crippen LogP contribution in [0.4, 0.5) is 0 Å². The van der Waals surface area contributed by atoms with Crippen molar-refractivity contribution < 1.29 is 16.8 Å². The monoisotopic (exact) mass is 463 g/mol. The van der Waals surface area contributed by atoms with Gasteiger partial charge in [0.25, 0.3) is 0 Å². The molecule has 2 heterocycles. The molecule has 0 spiro atoms. The molecule has 0 aromatic heterocycles. The summed E-state index contributed by atoms with van der Waals surface area (Å²) in [7, 11) is -7.15. The van der Waals surface area contributed by atoms with Crippen LogP contribution >= 0.6 is 0 Å². The van der Waals surface area contributed by atoms with E-state index in [2.05, 4.69) is 27.8 Å². The van der Waals surface area contributed by atoms with E-state index in [0.29, 0.717) is 6.42 Å². The smallest absolute Gasteiger partial charge is 0.243 e. The van der Waals surface area contributed by atoms with E-state index < -0.39 is 20.0 Å². The molecule has 2 unspecified atom stereocenters. The van der Waals surface area contributed by atoms with Crippen molar-refractivity contribution in [1.82, 2.24) is 13.9 Å². The van der Waals surface area contributed by atoms with Crippen LogP contribution in [0.15, 0.2) is 59.5 Å². The molecule has 9 heteroatoms. The van der Waals surface area contributed by atoms with Crippen LogP contribution in [0.25, 0.3) is 0 Å². The quantitative estimate of drug-likeness (QED) is 0.679. The van der Waals surface area contributed by atoms with Gasteiger partial charge in [-0.05, 0) is 42.5 Å². The fourth-order valence-electron chi connectivity index (χ4n) is 4.77. The lowest BCUT2D eigenvalue weighted by atomic mass is 9.85. The van der Waals surface area contributed by atoms with Gasteiger partial charge in [-0.25, -0.2) is 21.6 Å². The van der Waals surface area contributed by atoms with E-state index in [-0.39, 0.29) is 30.1 Å². The molecule has 0 amide bonds. The van der Waals surface area contributed by atoms with Gasteiger partial charge in [-0.3, -0.25) is 4.90 Å². The molecule has 7 nitrogen and oxygen atoms in total. The Morgan fingerprint density at radius 2 is 1.71 bits per heavy atom. The zero-order chi connectivity index (χ0) is 22.1. The van der Waals surface area contributed by atoms with Crippen LogP contribution in [-0.2, 0) is 26.5 Å². The molecule has 1 fully saturated rings. The van der Waals surface area contributed by atoms with Crippen LogP contribution < -0.4 is 4.72 Å². The average Bonchev–Trinajstić information content (AvgIpc) is 2.76. The van der Waals surface area contributed by atoms with Crippen molar-refractivity contribution in [3.63, 3.8) is 0 Å². The second-order valence-electron chi connectivity index (χ2n) is 8.27. The zero-order valence-electron chi connectivity index (χ0n) is 17.6. The van der Waals surface area contributed by atoms with Crippen molar-refractivity contribution in [3.8, 4) is 0 Å². The zero-order valence-corrected chi connectivity index (χ0v) is 19.3. The summed E-state index contributed by atoms with van der Waals surface area (Å²) < 4.78 is 54.1. The number of hydrogen-bond donors (Lipinski definition) is 1. The Bertz CT molecular complexity index is 1120. The number of benzene rings is 2. The number of fused-ring (bicyclic) bond motifs is 3. The van der Waals surface area contributed by atoms with Gasteiger partial charge in [0.1, 0.15) is 0 Å². The highest BCUT2D eigenvalue weighted by Gasteiger charge is 2.39. The predicted molar refractivity (Wildman–Crippen MR) is 121 cm³/mol. The molecule has 1 saturated heterocycles. The number of hydrogen-bond acceptors (Lipinski definition) is 5. The van der Waals surface area contributed by atoms with E-state index in [4.69, 9.17) is 0 Å². The van der Waals surface area contributed by atoms with Gasteiger partial charge in [-0.2, -0.15) is 4.31 Å². The van der Waals surface area contributed by atoms with Crippen LogP contribution in [0.1, 0.15) is 30.0 Å². The maximum absolute atomic E-state index is 13.5. The first-order chi connectivity index (χ1) is 14.8. The fourth-order valence-corrected chi connectivity index (χ4v) is 6.92. The Balaban J connectivity index is 1.62. The molecule has 0 aliphatic carbocycles. The fraction of sp³-hybridized carbons (Fsp3) is 0.455. The van der Waals surface area contributed by atoms with Gasteiger partial charge in [0, 0.05) is 38.3 Å². The summed E-state index contributed by atoms with van der Waals surface area (Å²) in [5.41, 5.74) is 2.62. The summed E-state index contributed by atoms with van der Waals surface area (Å²) in [6, 6.07) is 16.8. The largest absolute Gasteiger partial charge is 0.296 e. The first kappa shape index (κ1) is 22.4. The van der Waals surface area contributed by atoms with Gasteiger partial charge < -0.3 is 0 Å². The summed E-state index contributed by atoms with van der Waals surface area (Å²) in [5, 5.41) is 0. The Hall–Kier alpha value is -1.78. The Morgan fingerprint density at radius 3 is 2.45 bits per heavy atom. The number of rotatable bonds is 7. The lowest BCUT2D eigenvalue weighted by molar-refractivity contribution is 0.0911. The highest BCUT2D eigenvalue weighted by Crippen LogP contribution is 2.39. The van der Waals surface area contributed by atoms with E-state index in [1.54, 1.807) is 30.3 Å². The van der Waals surface area contributed by atoms with Gasteiger partial charge in [0.05, 0.1) is 11.2 Å². The highest BCUT2D eigenvalue weighted by molar-refractivity contribution is 7.89. The summed E-state index contributed by atoms with van der Waals surface area (Å²) in [6.07, 6.45) is 3.52. The Labute approximate surface area is 185 Å². The molecule has 31 heavy (non-hydrogen) atoms. The van der Waals surface area contributed by atoms with Crippen LogP contribution in [-0.4, -0.2) is 64.5 Å². The lowest BCUT2D eigenvalue weighted by Crippen LogP contribution is -2.51. The SMILES string of the molecule is CS(=O)(=O)NCCN(C1CCN2CCc3ccccc3C2C1)S(=O)(=O)c1ccccc1. The van der Waals surface area contributed by atoms with Crippen LogP contribution in [0.2, 0.25) is 0 Å². The minimum Gasteiger partial charge on any atom is -0.296 e. The van der Waals surface area contributed by atoms with Gasteiger partial charge >= 0.3 is 0 Å². The van der Waals surface area contributed by atoms with Gasteiger partial charge in [-0.15, -0.1) is 0 Å². The summed E-state index contributed by atoms with van der Waals surface area (Å²) in [5.74, 6) is 0. The van der Waals surface area contributed by atoms with E-state index in [0.717, 1.165) is 32.2 Å². The molecule has 168 valence electrons. The Morgan fingerprint density at radius 1 is 1.00 bits per heavy atom. The molecular weight excluding hydrogens is 434 g/mol. The molecule has 4 rings (SSSR count). The minimum absolute atomic E-state index is 0.0480. The molecule has 2 aromatic carbocycles. The van der Waals surface area contributed by atoms with Crippen molar-refractivity contribution in [2.45, 2.75) is 36.2 Å². The van der Waals surface area contributed by atoms with Crippen LogP contribution in [0, 0.1) is 0 Å². The third-order valence-electron chi connectivity index (χ3n) is 6.22. The first-order valence-corrected chi connectivity index (χ1v) is 13.9. The number of nitrogens with zero attached hydrogens (tertiary/aromatic N) is 2. The molecule has 2 aliphatic heterocycles. The maximum Gasteiger partial charge on any atom is 0.243 e. The second kappa shape index (κ2) is 8.99. The molecule has 1 N–H and O–H groups in total. The van der Waals surface area contributed by atoms with E-state index >= 15 is 0 Å². The van der Waals surface area contributed by atoms with Gasteiger partial charge in [-0.1, -0.05) is 42.5 Å². The van der Waals surface area contributed by atoms with E-state index in [1.165, 1.54) is 15.4 Å². The molecule has 2 aromatic rings. The maximum atomic E-state index is 13.5. The van der Waals surface area contributed by atoms with Gasteiger partial charge in [0.2, 0.25) is 20.0 Å². The third kappa shape index (κ3) is 5.01. The summed E-state index contributed by atoms with van der Waals surface area (Å²) in [6.45, 7) is 1.95. The van der Waals surface area contributed by atoms with E-state index in [9.17, 15) is 16.8 Å². The topological polar surface area (TPSA) is 86.8 Å². The van der Waals surface area contributed by atoms with E-state index in [1.807, 2.05) is 6.07 Å². The first-order valence-electron chi connectivity index (χ1n) is 10.6. The second-order valence-corrected chi connectivity index (χ2v) is 12.0. The number of nitrogens with one attached hydrogen (secondary N) is 1. The molecule has 2 atom stereocenters. The molecule has 0 radical (unpaired) electrons. The normalized spacial score (nSPS) is 22.1. The van der Waals surface area contributed by atoms with Crippen molar-refractivity contribution in [1.29, 1.82) is 0 Å². The summed E-state index contributed by atoms with van der Waals surface area (Å²) in [4.78, 5) is 2.68. The third-order valence-corrected chi connectivity index (χ3v) is 8.92. The predicted octanol–water partition coefficient (Wildman–Crippen LogP) is 1.99. The van der Waals surface area contributed by atoms with Crippen molar-refractivity contribution in [2.24, 2.45) is 0 Å². The average molecular weight is 464 g/mol. The summed E-state index contributed by atoms with van der Waals surface area (Å²) >= 11 is 0. The van der Waals surface area contributed by atoms with Crippen LogP contribution in [0.5, 0.6) is 0 Å². The van der Waals surface area contributed by atoms with Crippen molar-refractivity contribution in [2.75, 3.05) is 32.4 Å². The minimum atomic E-state index is -3.75. The number of piperidine rings is 1. The molecule has 0 saturated carbocycles. The standard InChI is InChI=1S/C22H29N3O4S2/c1-30(26,27)23-13-16-25(31(28,29)20-8-3-2-4-9-20)19-12-15-24-14-11-18-7-5-6-10-21(18)22(24)17-19/h2-10,19,22-23H,11-17H2,1H3. The molecule has 0 bridgehead atoms. The van der Waals surface area contributed by atoms with Crippen molar-refractivity contribution in [3.05, 3.63) is 65.7 Å². The van der Waals surface area contributed by atoms with Gasteiger partial charge in [0.15, 0.2) is 0 Å². The van der Waals surface area contributed by atoms with Crippen molar-refractivity contribution >= 4 is 20.0 Å². The molecule has 2 aliphatic rings. The Kier molecular flexibility index (Phi) is 6.50. The highest BCUT2D eigenvalue weighted by atomic mass is 32.2.